The summed E-state index contributed by atoms with van der Waals surface area (Å²) in [5.41, 5.74) is 1.49. The number of carbonyl (C=O) groups excluding carboxylic acids is 1. The van der Waals surface area contributed by atoms with E-state index in [4.69, 9.17) is 9.47 Å². The third-order valence-corrected chi connectivity index (χ3v) is 6.99. The van der Waals surface area contributed by atoms with E-state index in [1.807, 2.05) is 34.6 Å². The molecular weight excluding hydrogens is 434 g/mol. The second kappa shape index (κ2) is 10.2. The molecule has 1 unspecified atom stereocenters. The van der Waals surface area contributed by atoms with Crippen molar-refractivity contribution >= 4 is 44.9 Å². The lowest BCUT2D eigenvalue weighted by Crippen LogP contribution is -2.23. The summed E-state index contributed by atoms with van der Waals surface area (Å²) >= 11 is 2.93. The highest BCUT2D eigenvalue weighted by Crippen LogP contribution is 2.31. The quantitative estimate of drug-likeness (QED) is 0.481. The van der Waals surface area contributed by atoms with Crippen molar-refractivity contribution in [3.05, 3.63) is 44.8 Å². The molecule has 0 fully saturated rings. The Morgan fingerprint density at radius 3 is 2.65 bits per heavy atom. The first-order valence-electron chi connectivity index (χ1n) is 10.1. The molecule has 0 aliphatic heterocycles. The van der Waals surface area contributed by atoms with Crippen molar-refractivity contribution in [3.8, 4) is 11.5 Å². The maximum Gasteiger partial charge on any atom is 0.259 e. The Balaban J connectivity index is 1.65. The van der Waals surface area contributed by atoms with Crippen molar-refractivity contribution in [1.82, 2.24) is 9.97 Å². The molecule has 3 rings (SSSR count). The van der Waals surface area contributed by atoms with Crippen LogP contribution in [0, 0.1) is 13.8 Å². The van der Waals surface area contributed by atoms with Crippen LogP contribution in [0.3, 0.4) is 0 Å². The number of carbonyl (C=O) groups is 1. The molecule has 2 heterocycles. The zero-order valence-electron chi connectivity index (χ0n) is 18.3. The van der Waals surface area contributed by atoms with E-state index in [2.05, 4.69) is 15.3 Å². The Morgan fingerprint density at radius 2 is 1.94 bits per heavy atom. The summed E-state index contributed by atoms with van der Waals surface area (Å²) in [6.45, 7) is 10.6. The number of anilines is 1. The number of nitrogens with zero attached hydrogens (tertiary/aromatic N) is 1. The van der Waals surface area contributed by atoms with E-state index in [1.165, 1.54) is 23.1 Å². The highest BCUT2D eigenvalue weighted by atomic mass is 32.2. The fraction of sp³-hybridized carbons (Fsp3) is 0.409. The third-order valence-electron chi connectivity index (χ3n) is 4.74. The lowest BCUT2D eigenvalue weighted by molar-refractivity contribution is -0.115. The molecule has 0 bridgehead atoms. The van der Waals surface area contributed by atoms with Crippen LogP contribution in [-0.4, -0.2) is 34.3 Å². The second-order valence-electron chi connectivity index (χ2n) is 6.95. The first-order valence-corrected chi connectivity index (χ1v) is 12.0. The Morgan fingerprint density at radius 1 is 1.23 bits per heavy atom. The average molecular weight is 462 g/mol. The molecule has 0 saturated heterocycles. The van der Waals surface area contributed by atoms with E-state index in [-0.39, 0.29) is 16.7 Å². The minimum atomic E-state index is -0.338. The van der Waals surface area contributed by atoms with Gasteiger partial charge in [0.25, 0.3) is 5.56 Å². The van der Waals surface area contributed by atoms with Crippen LogP contribution in [0.5, 0.6) is 11.5 Å². The number of thiophene rings is 1. The number of thioether (sulfide) groups is 1. The molecule has 0 radical (unpaired) electrons. The number of ether oxygens (including phenoxy) is 2. The van der Waals surface area contributed by atoms with Crippen LogP contribution in [0.1, 0.15) is 37.0 Å². The van der Waals surface area contributed by atoms with E-state index in [0.29, 0.717) is 47.4 Å². The minimum Gasteiger partial charge on any atom is -0.490 e. The molecule has 2 aromatic heterocycles. The van der Waals surface area contributed by atoms with Crippen LogP contribution in [0.15, 0.2) is 23.0 Å². The van der Waals surface area contributed by atoms with Crippen LogP contribution < -0.4 is 20.3 Å². The molecule has 1 amide bonds. The monoisotopic (exact) mass is 461 g/mol. The van der Waals surface area contributed by atoms with E-state index in [9.17, 15) is 9.59 Å². The summed E-state index contributed by atoms with van der Waals surface area (Å²) in [5.74, 6) is 2.11. The van der Waals surface area contributed by atoms with Crippen LogP contribution in [-0.2, 0) is 10.5 Å². The van der Waals surface area contributed by atoms with Crippen LogP contribution in [0.4, 0.5) is 5.69 Å². The molecule has 0 aliphatic carbocycles. The lowest BCUT2D eigenvalue weighted by atomic mass is 10.2. The number of amides is 1. The van der Waals surface area contributed by atoms with E-state index >= 15 is 0 Å². The van der Waals surface area contributed by atoms with E-state index in [0.717, 1.165) is 15.3 Å². The normalized spacial score (nSPS) is 12.0. The van der Waals surface area contributed by atoms with Crippen molar-refractivity contribution in [2.24, 2.45) is 0 Å². The summed E-state index contributed by atoms with van der Waals surface area (Å²) in [6.07, 6.45) is 0. The predicted octanol–water partition coefficient (Wildman–Crippen LogP) is 4.66. The van der Waals surface area contributed by atoms with Crippen LogP contribution in [0.25, 0.3) is 10.2 Å². The molecule has 1 atom stereocenters. The maximum atomic E-state index is 12.6. The smallest absolute Gasteiger partial charge is 0.259 e. The van der Waals surface area contributed by atoms with Crippen LogP contribution >= 0.6 is 23.1 Å². The molecule has 166 valence electrons. The molecule has 3 aromatic rings. The number of aryl methyl sites for hydroxylation is 2. The Kier molecular flexibility index (Phi) is 7.61. The minimum absolute atomic E-state index is 0.127. The number of rotatable bonds is 9. The second-order valence-corrected chi connectivity index (χ2v) is 9.48. The van der Waals surface area contributed by atoms with Gasteiger partial charge in [-0.05, 0) is 52.3 Å². The van der Waals surface area contributed by atoms with Gasteiger partial charge in [-0.1, -0.05) is 0 Å². The van der Waals surface area contributed by atoms with E-state index in [1.54, 1.807) is 18.2 Å². The maximum absolute atomic E-state index is 12.6. The summed E-state index contributed by atoms with van der Waals surface area (Å²) < 4.78 is 11.2. The van der Waals surface area contributed by atoms with Gasteiger partial charge in [-0.15, -0.1) is 23.1 Å². The van der Waals surface area contributed by atoms with Gasteiger partial charge in [0.2, 0.25) is 5.91 Å². The lowest BCUT2D eigenvalue weighted by Gasteiger charge is -2.15. The molecule has 2 N–H and O–H groups in total. The SMILES string of the molecule is CCOc1ccc(NC(=O)C(C)SCc2nc3sc(C)c(C)c3c(=O)[nH]2)cc1OCC. The van der Waals surface area contributed by atoms with Crippen molar-refractivity contribution < 1.29 is 14.3 Å². The Bertz CT molecular complexity index is 1140. The number of fused-ring (bicyclic) bond motifs is 1. The summed E-state index contributed by atoms with van der Waals surface area (Å²) in [6, 6.07) is 5.34. The number of hydrogen-bond donors (Lipinski definition) is 2. The summed E-state index contributed by atoms with van der Waals surface area (Å²) in [7, 11) is 0. The highest BCUT2D eigenvalue weighted by Gasteiger charge is 2.17. The topological polar surface area (TPSA) is 93.3 Å². The molecule has 31 heavy (non-hydrogen) atoms. The van der Waals surface area contributed by atoms with Crippen molar-refractivity contribution in [2.45, 2.75) is 45.6 Å². The largest absolute Gasteiger partial charge is 0.490 e. The number of aromatic nitrogens is 2. The number of hydrogen-bond acceptors (Lipinski definition) is 7. The van der Waals surface area contributed by atoms with Gasteiger partial charge in [0.05, 0.1) is 29.6 Å². The molecule has 0 spiro atoms. The number of benzene rings is 1. The fourth-order valence-electron chi connectivity index (χ4n) is 3.02. The summed E-state index contributed by atoms with van der Waals surface area (Å²) in [4.78, 5) is 34.3. The third kappa shape index (κ3) is 5.40. The molecule has 9 heteroatoms. The average Bonchev–Trinajstić information content (AvgIpc) is 3.02. The first kappa shape index (κ1) is 23.1. The van der Waals surface area contributed by atoms with Crippen molar-refractivity contribution in [2.75, 3.05) is 18.5 Å². The van der Waals surface area contributed by atoms with Gasteiger partial charge < -0.3 is 19.8 Å². The molecule has 7 nitrogen and oxygen atoms in total. The predicted molar refractivity (Wildman–Crippen MR) is 128 cm³/mol. The fourth-order valence-corrected chi connectivity index (χ4v) is 4.82. The highest BCUT2D eigenvalue weighted by molar-refractivity contribution is 7.99. The van der Waals surface area contributed by atoms with Crippen LogP contribution in [0.2, 0.25) is 0 Å². The van der Waals surface area contributed by atoms with Gasteiger partial charge in [0, 0.05) is 16.6 Å². The molecule has 1 aromatic carbocycles. The number of nitrogens with one attached hydrogen (secondary N) is 2. The van der Waals surface area contributed by atoms with Gasteiger partial charge in [-0.25, -0.2) is 4.98 Å². The molecule has 0 aliphatic rings. The first-order chi connectivity index (χ1) is 14.8. The molecule has 0 saturated carbocycles. The standard InChI is InChI=1S/C22H27N3O4S2/c1-6-28-16-9-8-15(10-17(16)29-7-2)23-20(26)14(5)30-11-18-24-21(27)19-12(3)13(4)31-22(19)25-18/h8-10,14H,6-7,11H2,1-5H3,(H,23,26)(H,24,25,27). The number of H-pyrrole nitrogens is 1. The number of aromatic amines is 1. The van der Waals surface area contributed by atoms with Crippen molar-refractivity contribution in [1.29, 1.82) is 0 Å². The van der Waals surface area contributed by atoms with Gasteiger partial charge >= 0.3 is 0 Å². The Labute approximate surface area is 189 Å². The zero-order valence-corrected chi connectivity index (χ0v) is 20.0. The van der Waals surface area contributed by atoms with Gasteiger partial charge in [0.1, 0.15) is 10.7 Å². The Hall–Kier alpha value is -2.52. The van der Waals surface area contributed by atoms with Gasteiger partial charge in [0.15, 0.2) is 11.5 Å². The van der Waals surface area contributed by atoms with E-state index < -0.39 is 0 Å². The summed E-state index contributed by atoms with van der Waals surface area (Å²) in [5, 5.41) is 3.23. The molecular formula is C22H27N3O4S2. The van der Waals surface area contributed by atoms with Gasteiger partial charge in [-0.3, -0.25) is 9.59 Å². The zero-order chi connectivity index (χ0) is 22.5. The van der Waals surface area contributed by atoms with Crippen molar-refractivity contribution in [3.63, 3.8) is 0 Å². The van der Waals surface area contributed by atoms with Gasteiger partial charge in [-0.2, -0.15) is 0 Å².